The Balaban J connectivity index is -0.00000341. The average Bonchev–Trinajstić information content (AvgIpc) is 2.80. The first kappa shape index (κ1) is 32.4. The Labute approximate surface area is 235 Å². The SMILES string of the molecule is CCCCCCCCCCCCCCCCCCCCOC(=O)c1ccccc1C(=O)O.[Ca+2].[H-].[H-]. The summed E-state index contributed by atoms with van der Waals surface area (Å²) in [6.07, 6.45) is 23.8. The van der Waals surface area contributed by atoms with Gasteiger partial charge >= 0.3 is 49.7 Å². The van der Waals surface area contributed by atoms with Crippen molar-refractivity contribution in [2.24, 2.45) is 0 Å². The second-order valence-electron chi connectivity index (χ2n) is 9.00. The number of esters is 1. The van der Waals surface area contributed by atoms with Crippen LogP contribution < -0.4 is 0 Å². The summed E-state index contributed by atoms with van der Waals surface area (Å²) in [5, 5.41) is 9.14. The molecular weight excluding hydrogens is 440 g/mol. The van der Waals surface area contributed by atoms with E-state index in [1.165, 1.54) is 115 Å². The molecule has 0 atom stereocenters. The van der Waals surface area contributed by atoms with Gasteiger partial charge in [-0.3, -0.25) is 0 Å². The maximum absolute atomic E-state index is 12.1. The van der Waals surface area contributed by atoms with Crippen molar-refractivity contribution in [3.8, 4) is 0 Å². The van der Waals surface area contributed by atoms with Gasteiger partial charge in [-0.05, 0) is 18.6 Å². The van der Waals surface area contributed by atoms with Gasteiger partial charge in [0.05, 0.1) is 17.7 Å². The van der Waals surface area contributed by atoms with Crippen LogP contribution in [0.15, 0.2) is 24.3 Å². The molecule has 1 aromatic rings. The summed E-state index contributed by atoms with van der Waals surface area (Å²) < 4.78 is 5.25. The van der Waals surface area contributed by atoms with Crippen molar-refractivity contribution in [3.05, 3.63) is 35.4 Å². The van der Waals surface area contributed by atoms with E-state index in [1.807, 2.05) is 0 Å². The fraction of sp³-hybridized carbons (Fsp3) is 0.714. The summed E-state index contributed by atoms with van der Waals surface area (Å²) in [7, 11) is 0. The summed E-state index contributed by atoms with van der Waals surface area (Å²) in [4.78, 5) is 23.2. The number of carboxylic acids is 1. The molecule has 1 aromatic carbocycles. The Bertz CT molecular complexity index is 629. The second kappa shape index (κ2) is 23.2. The Hall–Kier alpha value is -0.580. The van der Waals surface area contributed by atoms with Crippen LogP contribution in [0.1, 0.15) is 146 Å². The number of aromatic carboxylic acids is 1. The maximum atomic E-state index is 12.1. The molecule has 0 aliphatic rings. The number of unbranched alkanes of at least 4 members (excludes halogenated alkanes) is 17. The molecule has 1 rings (SSSR count). The van der Waals surface area contributed by atoms with Gasteiger partial charge < -0.3 is 12.7 Å². The minimum Gasteiger partial charge on any atom is -1.00 e. The van der Waals surface area contributed by atoms with Crippen LogP contribution in [0.2, 0.25) is 0 Å². The summed E-state index contributed by atoms with van der Waals surface area (Å²) in [6, 6.07) is 6.19. The van der Waals surface area contributed by atoms with Gasteiger partial charge in [0.25, 0.3) is 0 Å². The van der Waals surface area contributed by atoms with E-state index in [1.54, 1.807) is 12.1 Å². The number of carbonyl (C=O) groups excluding carboxylic acids is 1. The predicted molar refractivity (Wildman–Crippen MR) is 140 cm³/mol. The van der Waals surface area contributed by atoms with Crippen LogP contribution in [0, 0.1) is 0 Å². The first-order valence-corrected chi connectivity index (χ1v) is 13.2. The Kier molecular flexibility index (Phi) is 22.8. The van der Waals surface area contributed by atoms with Crippen molar-refractivity contribution in [3.63, 3.8) is 0 Å². The van der Waals surface area contributed by atoms with Crippen LogP contribution in [0.4, 0.5) is 0 Å². The van der Waals surface area contributed by atoms with Crippen LogP contribution >= 0.6 is 0 Å². The van der Waals surface area contributed by atoms with Crippen LogP contribution in [-0.2, 0) is 4.74 Å². The average molecular weight is 489 g/mol. The van der Waals surface area contributed by atoms with E-state index < -0.39 is 11.9 Å². The van der Waals surface area contributed by atoms with E-state index in [9.17, 15) is 9.59 Å². The molecule has 0 amide bonds. The standard InChI is InChI=1S/C28H46O4.Ca.2H/c1-2-3-4-5-6-7-8-9-10-11-12-13-14-15-16-17-18-21-24-32-28(31)26-23-20-19-22-25(26)27(29)30;;;/h19-20,22-23H,2-18,21,24H2,1H3,(H,29,30);;;/q;+2;2*-1. The normalized spacial score (nSPS) is 10.6. The number of carboxylic acid groups (broad SMARTS) is 1. The number of hydrogen-bond acceptors (Lipinski definition) is 3. The van der Waals surface area contributed by atoms with E-state index in [4.69, 9.17) is 9.84 Å². The predicted octanol–water partition coefficient (Wildman–Crippen LogP) is 8.43. The van der Waals surface area contributed by atoms with Crippen molar-refractivity contribution >= 4 is 49.7 Å². The fourth-order valence-electron chi connectivity index (χ4n) is 4.09. The second-order valence-corrected chi connectivity index (χ2v) is 9.00. The van der Waals surface area contributed by atoms with Crippen molar-refractivity contribution in [1.29, 1.82) is 0 Å². The zero-order valence-electron chi connectivity index (χ0n) is 23.1. The molecule has 1 N–H and O–H groups in total. The maximum Gasteiger partial charge on any atom is 2.00 e. The van der Waals surface area contributed by atoms with E-state index in [2.05, 4.69) is 6.92 Å². The first-order valence-electron chi connectivity index (χ1n) is 13.2. The van der Waals surface area contributed by atoms with Gasteiger partial charge in [-0.1, -0.05) is 128 Å². The van der Waals surface area contributed by atoms with Gasteiger partial charge in [0.15, 0.2) is 0 Å². The van der Waals surface area contributed by atoms with E-state index in [0.29, 0.717) is 6.61 Å². The van der Waals surface area contributed by atoms with E-state index >= 15 is 0 Å². The molecule has 186 valence electrons. The topological polar surface area (TPSA) is 63.6 Å². The Morgan fingerprint density at radius 2 is 1.03 bits per heavy atom. The van der Waals surface area contributed by atoms with Gasteiger partial charge in [-0.2, -0.15) is 0 Å². The van der Waals surface area contributed by atoms with Crippen molar-refractivity contribution in [1.82, 2.24) is 0 Å². The van der Waals surface area contributed by atoms with Crippen molar-refractivity contribution < 1.29 is 22.3 Å². The molecule has 0 saturated carbocycles. The molecule has 0 fully saturated rings. The van der Waals surface area contributed by atoms with Gasteiger partial charge in [0.2, 0.25) is 0 Å². The van der Waals surface area contributed by atoms with Crippen LogP contribution in [-0.4, -0.2) is 61.4 Å². The van der Waals surface area contributed by atoms with E-state index in [0.717, 1.165) is 12.8 Å². The molecule has 0 unspecified atom stereocenters. The number of hydrogen-bond donors (Lipinski definition) is 1. The zero-order chi connectivity index (χ0) is 23.3. The van der Waals surface area contributed by atoms with Gasteiger partial charge in [-0.25, -0.2) is 9.59 Å². The third kappa shape index (κ3) is 17.5. The quantitative estimate of drug-likeness (QED) is 0.107. The summed E-state index contributed by atoms with van der Waals surface area (Å²) in [5.41, 5.74) is 0.123. The number of carbonyl (C=O) groups is 2. The summed E-state index contributed by atoms with van der Waals surface area (Å²) >= 11 is 0. The largest absolute Gasteiger partial charge is 2.00 e. The Morgan fingerprint density at radius 3 is 1.42 bits per heavy atom. The van der Waals surface area contributed by atoms with Gasteiger partial charge in [0.1, 0.15) is 0 Å². The fourth-order valence-corrected chi connectivity index (χ4v) is 4.09. The molecule has 0 aliphatic carbocycles. The molecule has 0 aliphatic heterocycles. The smallest absolute Gasteiger partial charge is 1.00 e. The monoisotopic (exact) mass is 488 g/mol. The van der Waals surface area contributed by atoms with Crippen LogP contribution in [0.5, 0.6) is 0 Å². The van der Waals surface area contributed by atoms with Crippen molar-refractivity contribution in [2.45, 2.75) is 122 Å². The number of ether oxygens (including phenoxy) is 1. The first-order chi connectivity index (χ1) is 15.7. The summed E-state index contributed by atoms with van der Waals surface area (Å²) in [5.74, 6) is -1.65. The van der Waals surface area contributed by atoms with Gasteiger partial charge in [0, 0.05) is 0 Å². The molecule has 0 saturated heterocycles. The zero-order valence-corrected chi connectivity index (χ0v) is 23.3. The minimum absolute atomic E-state index is 0. The van der Waals surface area contributed by atoms with E-state index in [-0.39, 0.29) is 51.7 Å². The van der Waals surface area contributed by atoms with Crippen LogP contribution in [0.3, 0.4) is 0 Å². The number of rotatable bonds is 21. The van der Waals surface area contributed by atoms with Gasteiger partial charge in [-0.15, -0.1) is 0 Å². The summed E-state index contributed by atoms with van der Waals surface area (Å²) in [6.45, 7) is 2.63. The third-order valence-corrected chi connectivity index (χ3v) is 6.11. The van der Waals surface area contributed by atoms with Crippen molar-refractivity contribution in [2.75, 3.05) is 6.61 Å². The molecule has 0 heterocycles. The van der Waals surface area contributed by atoms with Crippen LogP contribution in [0.25, 0.3) is 0 Å². The molecule has 33 heavy (non-hydrogen) atoms. The Morgan fingerprint density at radius 1 is 0.667 bits per heavy atom. The molecule has 4 nitrogen and oxygen atoms in total. The molecule has 0 spiro atoms. The molecular formula is C28H48CaO4. The molecule has 5 heteroatoms. The molecule has 0 aromatic heterocycles. The third-order valence-electron chi connectivity index (χ3n) is 6.11. The molecule has 0 bridgehead atoms. The molecule has 0 radical (unpaired) electrons. The minimum atomic E-state index is -1.11. The number of benzene rings is 1.